The molecule has 0 atom stereocenters. The molecule has 0 aliphatic carbocycles. The maximum Gasteiger partial charge on any atom is 0.490 e. The molecule has 0 aromatic carbocycles. The van der Waals surface area contributed by atoms with E-state index >= 15 is 0 Å². The topological polar surface area (TPSA) is 46.2 Å². The summed E-state index contributed by atoms with van der Waals surface area (Å²) in [5.74, 6) is 0. The van der Waals surface area contributed by atoms with Crippen LogP contribution in [0, 0.1) is 0 Å². The number of rotatable bonds is 18. The first kappa shape index (κ1) is 27.5. The Morgan fingerprint density at radius 3 is 1.44 bits per heavy atom. The summed E-state index contributed by atoms with van der Waals surface area (Å²) in [6.07, 6.45) is 4.50. The second kappa shape index (κ2) is 14.4. The lowest BCUT2D eigenvalue weighted by molar-refractivity contribution is 0.112. The molecule has 0 heterocycles. The fourth-order valence-electron chi connectivity index (χ4n) is 3.58. The van der Waals surface area contributed by atoms with Crippen LogP contribution in [-0.4, -0.2) is 52.1 Å². The molecule has 0 aliphatic heterocycles. The Kier molecular flexibility index (Phi) is 14.7. The predicted octanol–water partition coefficient (Wildman–Crippen LogP) is 5.87. The third-order valence-corrected chi connectivity index (χ3v) is 18.6. The number of hydrogen-bond acceptors (Lipinski definition) is 5. The Labute approximate surface area is 172 Å². The summed E-state index contributed by atoms with van der Waals surface area (Å²) in [6, 6.07) is 1.94. The minimum Gasteiger partial charge on any atom is -0.416 e. The fraction of sp³-hybridized carbons (Fsp3) is 1.00. The molecule has 0 amide bonds. The highest BCUT2D eigenvalue weighted by molar-refractivity contribution is 6.91. The molecular weight excluding hydrogens is 392 g/mol. The van der Waals surface area contributed by atoms with Crippen LogP contribution in [0.1, 0.15) is 67.2 Å². The molecule has 5 nitrogen and oxygen atoms in total. The monoisotopic (exact) mass is 438 g/mol. The van der Waals surface area contributed by atoms with Crippen LogP contribution in [0.4, 0.5) is 0 Å². The van der Waals surface area contributed by atoms with Gasteiger partial charge in [0.1, 0.15) is 0 Å². The Balaban J connectivity index is 5.51. The van der Waals surface area contributed by atoms with Crippen LogP contribution in [-0.2, 0) is 21.8 Å². The van der Waals surface area contributed by atoms with Crippen molar-refractivity contribution in [1.82, 2.24) is 0 Å². The normalized spacial score (nSPS) is 13.3. The summed E-state index contributed by atoms with van der Waals surface area (Å²) >= 11 is 0. The maximum atomic E-state index is 6.84. The van der Waals surface area contributed by atoms with Gasteiger partial charge in [-0.25, -0.2) is 0 Å². The summed E-state index contributed by atoms with van der Waals surface area (Å²) in [5, 5.41) is 0. The predicted molar refractivity (Wildman–Crippen MR) is 121 cm³/mol. The highest BCUT2D eigenvalue weighted by Gasteiger charge is 2.50. The molecule has 0 rings (SSSR count). The summed E-state index contributed by atoms with van der Waals surface area (Å²) in [7, 11) is -7.04. The van der Waals surface area contributed by atoms with Crippen LogP contribution in [0.15, 0.2) is 0 Å². The van der Waals surface area contributed by atoms with Gasteiger partial charge in [0.2, 0.25) is 0 Å². The molecule has 0 aromatic heterocycles. The minimum atomic E-state index is -2.66. The van der Waals surface area contributed by atoms with Crippen molar-refractivity contribution in [3.8, 4) is 0 Å². The average Bonchev–Trinajstić information content (AvgIpc) is 2.58. The highest BCUT2D eigenvalue weighted by atomic mass is 28.5. The van der Waals surface area contributed by atoms with E-state index in [1.165, 1.54) is 0 Å². The number of unbranched alkanes of at least 4 members (excludes halogenated alkanes) is 2. The van der Waals surface area contributed by atoms with E-state index in [1.54, 1.807) is 0 Å². The number of hydrogen-bond donors (Lipinski definition) is 0. The standard InChI is InChI=1S/C19H46O5Si3/c1-9-15-17-26(20-11-3,21-12-4)19-25(7,8)24-27(22-13-5,23-14-6)18-16-10-2/h9-19H2,1-8H3. The van der Waals surface area contributed by atoms with Gasteiger partial charge in [-0.05, 0) is 53.3 Å². The van der Waals surface area contributed by atoms with E-state index in [2.05, 4.69) is 40.8 Å². The molecule has 0 saturated carbocycles. The van der Waals surface area contributed by atoms with Crippen LogP contribution >= 0.6 is 0 Å². The largest absolute Gasteiger partial charge is 0.490 e. The second-order valence-corrected chi connectivity index (χ2v) is 18.7. The van der Waals surface area contributed by atoms with Crippen molar-refractivity contribution in [1.29, 1.82) is 0 Å². The molecule has 0 aliphatic rings. The zero-order valence-corrected chi connectivity index (χ0v) is 22.3. The zero-order chi connectivity index (χ0) is 20.8. The van der Waals surface area contributed by atoms with E-state index in [4.69, 9.17) is 21.8 Å². The van der Waals surface area contributed by atoms with E-state index in [-0.39, 0.29) is 0 Å². The zero-order valence-electron chi connectivity index (χ0n) is 19.3. The van der Waals surface area contributed by atoms with Gasteiger partial charge in [-0.3, -0.25) is 0 Å². The van der Waals surface area contributed by atoms with Gasteiger partial charge in [0.05, 0.1) is 0 Å². The Bertz CT molecular complexity index is 325. The summed E-state index contributed by atoms with van der Waals surface area (Å²) in [4.78, 5) is 0. The van der Waals surface area contributed by atoms with Crippen molar-refractivity contribution in [2.24, 2.45) is 0 Å². The van der Waals surface area contributed by atoms with Crippen LogP contribution in [0.3, 0.4) is 0 Å². The Hall–Kier alpha value is 0.451. The van der Waals surface area contributed by atoms with Crippen molar-refractivity contribution >= 4 is 25.7 Å². The SMILES string of the molecule is CCCC[Si](C[Si](C)(C)O[Si](CCCC)(OCC)OCC)(OCC)OCC. The van der Waals surface area contributed by atoms with Gasteiger partial charge >= 0.3 is 17.4 Å². The molecule has 27 heavy (non-hydrogen) atoms. The lowest BCUT2D eigenvalue weighted by atomic mass is 10.4. The van der Waals surface area contributed by atoms with Gasteiger partial charge < -0.3 is 21.8 Å². The first-order valence-electron chi connectivity index (χ1n) is 11.0. The third kappa shape index (κ3) is 10.7. The molecule has 0 fully saturated rings. The van der Waals surface area contributed by atoms with Crippen molar-refractivity contribution in [3.63, 3.8) is 0 Å². The van der Waals surface area contributed by atoms with Crippen LogP contribution in [0.25, 0.3) is 0 Å². The quantitative estimate of drug-likeness (QED) is 0.250. The van der Waals surface area contributed by atoms with Crippen molar-refractivity contribution in [2.75, 3.05) is 26.4 Å². The summed E-state index contributed by atoms with van der Waals surface area (Å²) in [6.45, 7) is 19.9. The lowest BCUT2D eigenvalue weighted by Crippen LogP contribution is -2.58. The average molecular weight is 439 g/mol. The van der Waals surface area contributed by atoms with E-state index in [0.29, 0.717) is 26.4 Å². The van der Waals surface area contributed by atoms with Gasteiger partial charge in [-0.15, -0.1) is 0 Å². The van der Waals surface area contributed by atoms with E-state index in [0.717, 1.165) is 43.4 Å². The van der Waals surface area contributed by atoms with Gasteiger partial charge in [0, 0.05) is 38.1 Å². The first-order chi connectivity index (χ1) is 12.8. The Morgan fingerprint density at radius 1 is 0.593 bits per heavy atom. The molecule has 0 bridgehead atoms. The molecule has 0 N–H and O–H groups in total. The van der Waals surface area contributed by atoms with Crippen molar-refractivity contribution < 1.29 is 21.8 Å². The second-order valence-electron chi connectivity index (χ2n) is 7.57. The van der Waals surface area contributed by atoms with E-state index < -0.39 is 25.7 Å². The van der Waals surface area contributed by atoms with E-state index in [9.17, 15) is 0 Å². The van der Waals surface area contributed by atoms with Gasteiger partial charge in [0.15, 0.2) is 8.32 Å². The third-order valence-electron chi connectivity index (χ3n) is 4.42. The molecule has 0 spiro atoms. The lowest BCUT2D eigenvalue weighted by Gasteiger charge is -2.40. The van der Waals surface area contributed by atoms with Crippen LogP contribution in [0.5, 0.6) is 0 Å². The van der Waals surface area contributed by atoms with Crippen molar-refractivity contribution in [3.05, 3.63) is 0 Å². The highest BCUT2D eigenvalue weighted by Crippen LogP contribution is 2.32. The molecule has 164 valence electrons. The molecule has 8 heteroatoms. The summed E-state index contributed by atoms with van der Waals surface area (Å²) < 4.78 is 31.9. The van der Waals surface area contributed by atoms with Crippen LogP contribution in [0.2, 0.25) is 30.8 Å². The fourth-order valence-corrected chi connectivity index (χ4v) is 19.8. The molecular formula is C19H46O5Si3. The smallest absolute Gasteiger partial charge is 0.416 e. The molecule has 0 saturated heterocycles. The van der Waals surface area contributed by atoms with Gasteiger partial charge in [-0.1, -0.05) is 33.1 Å². The minimum absolute atomic E-state index is 0.635. The maximum absolute atomic E-state index is 6.84. The van der Waals surface area contributed by atoms with Gasteiger partial charge in [-0.2, -0.15) is 0 Å². The molecule has 0 radical (unpaired) electrons. The van der Waals surface area contributed by atoms with E-state index in [1.807, 2.05) is 13.8 Å². The van der Waals surface area contributed by atoms with Crippen LogP contribution < -0.4 is 0 Å². The van der Waals surface area contributed by atoms with Gasteiger partial charge in [0.25, 0.3) is 0 Å². The first-order valence-corrected chi connectivity index (χ1v) is 18.3. The Morgan fingerprint density at radius 2 is 1.04 bits per heavy atom. The molecule has 0 aromatic rings. The van der Waals surface area contributed by atoms with Crippen molar-refractivity contribution in [2.45, 2.75) is 98.1 Å². The summed E-state index contributed by atoms with van der Waals surface area (Å²) in [5.41, 5.74) is 0.933. The molecule has 0 unspecified atom stereocenters.